The summed E-state index contributed by atoms with van der Waals surface area (Å²) in [5.41, 5.74) is 1.29. The highest BCUT2D eigenvalue weighted by molar-refractivity contribution is 7.99. The van der Waals surface area contributed by atoms with Crippen molar-refractivity contribution < 1.29 is 0 Å². The van der Waals surface area contributed by atoms with Gasteiger partial charge in [-0.1, -0.05) is 48.5 Å². The highest BCUT2D eigenvalue weighted by Gasteiger charge is 1.94. The summed E-state index contributed by atoms with van der Waals surface area (Å²) in [4.78, 5) is 1.32. The quantitative estimate of drug-likeness (QED) is 0.691. The van der Waals surface area contributed by atoms with Gasteiger partial charge in [0.2, 0.25) is 0 Å². The van der Waals surface area contributed by atoms with E-state index in [0.717, 1.165) is 5.75 Å². The minimum absolute atomic E-state index is 1.02. The number of hydrogen-bond donors (Lipinski definition) is 0. The number of benzene rings is 2. The molecule has 0 saturated carbocycles. The van der Waals surface area contributed by atoms with Gasteiger partial charge in [-0.25, -0.2) is 0 Å². The molecule has 0 spiro atoms. The molecule has 1 heteroatoms. The van der Waals surface area contributed by atoms with Crippen LogP contribution in [0.25, 0.3) is 0 Å². The largest absolute Gasteiger partial charge is 0.126 e. The first kappa shape index (κ1) is 10.3. The molecular formula is C14H13S. The first-order valence-electron chi connectivity index (χ1n) is 5.01. The Balaban J connectivity index is 1.81. The molecule has 0 aromatic heterocycles. The molecule has 0 heterocycles. The van der Waals surface area contributed by atoms with Gasteiger partial charge in [0.15, 0.2) is 0 Å². The van der Waals surface area contributed by atoms with Gasteiger partial charge in [-0.05, 0) is 17.7 Å². The molecule has 0 N–H and O–H groups in total. The van der Waals surface area contributed by atoms with Gasteiger partial charge in [0.25, 0.3) is 0 Å². The van der Waals surface area contributed by atoms with Crippen molar-refractivity contribution in [3.8, 4) is 0 Å². The molecule has 0 atom stereocenters. The zero-order chi connectivity index (χ0) is 10.3. The van der Waals surface area contributed by atoms with E-state index in [-0.39, 0.29) is 0 Å². The van der Waals surface area contributed by atoms with E-state index in [0.29, 0.717) is 0 Å². The maximum atomic E-state index is 2.25. The maximum absolute atomic E-state index is 2.25. The van der Waals surface area contributed by atoms with Gasteiger partial charge in [-0.2, -0.15) is 0 Å². The molecule has 0 aliphatic rings. The van der Waals surface area contributed by atoms with Crippen LogP contribution in [0.5, 0.6) is 0 Å². The summed E-state index contributed by atoms with van der Waals surface area (Å²) in [6.45, 7) is 0. The van der Waals surface area contributed by atoms with Crippen molar-refractivity contribution in [2.75, 3.05) is 5.75 Å². The minimum atomic E-state index is 1.02. The molecule has 0 unspecified atom stereocenters. The van der Waals surface area contributed by atoms with Gasteiger partial charge in [0.1, 0.15) is 0 Å². The molecule has 0 bridgehead atoms. The van der Waals surface area contributed by atoms with Crippen LogP contribution in [0.1, 0.15) is 5.56 Å². The second kappa shape index (κ2) is 5.62. The average molecular weight is 213 g/mol. The van der Waals surface area contributed by atoms with E-state index in [4.69, 9.17) is 0 Å². The first-order valence-corrected chi connectivity index (χ1v) is 6.00. The van der Waals surface area contributed by atoms with E-state index in [9.17, 15) is 0 Å². The van der Waals surface area contributed by atoms with Crippen molar-refractivity contribution in [2.24, 2.45) is 0 Å². The van der Waals surface area contributed by atoms with E-state index in [1.165, 1.54) is 10.5 Å². The lowest BCUT2D eigenvalue weighted by molar-refractivity contribution is 1.41. The fourth-order valence-electron chi connectivity index (χ4n) is 1.34. The molecule has 0 aliphatic heterocycles. The molecule has 2 rings (SSSR count). The van der Waals surface area contributed by atoms with Gasteiger partial charge < -0.3 is 0 Å². The zero-order valence-corrected chi connectivity index (χ0v) is 9.28. The van der Waals surface area contributed by atoms with E-state index in [1.807, 2.05) is 23.9 Å². The van der Waals surface area contributed by atoms with E-state index < -0.39 is 0 Å². The molecule has 0 aliphatic carbocycles. The molecular weight excluding hydrogens is 200 g/mol. The van der Waals surface area contributed by atoms with E-state index in [1.54, 1.807) is 0 Å². The van der Waals surface area contributed by atoms with Gasteiger partial charge in [-0.3, -0.25) is 0 Å². The van der Waals surface area contributed by atoms with Crippen molar-refractivity contribution in [1.29, 1.82) is 0 Å². The number of rotatable bonds is 4. The third kappa shape index (κ3) is 3.45. The molecule has 0 amide bonds. The summed E-state index contributed by atoms with van der Waals surface area (Å²) in [5, 5.41) is 0. The van der Waals surface area contributed by atoms with Crippen molar-refractivity contribution in [3.63, 3.8) is 0 Å². The fourth-order valence-corrected chi connectivity index (χ4v) is 2.16. The Morgan fingerprint density at radius 1 is 0.800 bits per heavy atom. The molecule has 75 valence electrons. The monoisotopic (exact) mass is 213 g/mol. The predicted molar refractivity (Wildman–Crippen MR) is 67.0 cm³/mol. The van der Waals surface area contributed by atoms with Crippen LogP contribution < -0.4 is 0 Å². The van der Waals surface area contributed by atoms with Gasteiger partial charge >= 0.3 is 0 Å². The van der Waals surface area contributed by atoms with Crippen molar-refractivity contribution in [3.05, 3.63) is 72.6 Å². The summed E-state index contributed by atoms with van der Waals surface area (Å²) in [5.74, 6) is 1.02. The summed E-state index contributed by atoms with van der Waals surface area (Å²) in [6, 6.07) is 20.9. The number of hydrogen-bond acceptors (Lipinski definition) is 1. The Morgan fingerprint density at radius 2 is 1.40 bits per heavy atom. The standard InChI is InChI=1S/C14H13S/c1-3-7-13(8-4-1)11-12-15-14-9-5-2-6-10-14/h1-11H,12H2. The third-order valence-corrected chi connectivity index (χ3v) is 3.05. The van der Waals surface area contributed by atoms with Gasteiger partial charge in [0, 0.05) is 17.1 Å². The van der Waals surface area contributed by atoms with Crippen LogP contribution in [-0.2, 0) is 0 Å². The summed E-state index contributed by atoms with van der Waals surface area (Å²) < 4.78 is 0. The summed E-state index contributed by atoms with van der Waals surface area (Å²) in [6.07, 6.45) is 2.25. The minimum Gasteiger partial charge on any atom is -0.126 e. The highest BCUT2D eigenvalue weighted by atomic mass is 32.2. The second-order valence-corrected chi connectivity index (χ2v) is 4.33. The lowest BCUT2D eigenvalue weighted by Gasteiger charge is -2.01. The van der Waals surface area contributed by atoms with Crippen LogP contribution in [0.15, 0.2) is 65.6 Å². The molecule has 1 radical (unpaired) electrons. The molecule has 15 heavy (non-hydrogen) atoms. The summed E-state index contributed by atoms with van der Waals surface area (Å²) in [7, 11) is 0. The average Bonchev–Trinajstić information content (AvgIpc) is 2.32. The smallest absolute Gasteiger partial charge is 0.00721 e. The van der Waals surface area contributed by atoms with Crippen molar-refractivity contribution in [2.45, 2.75) is 4.90 Å². The second-order valence-electron chi connectivity index (χ2n) is 3.24. The van der Waals surface area contributed by atoms with Gasteiger partial charge in [0.05, 0.1) is 0 Å². The lowest BCUT2D eigenvalue weighted by Crippen LogP contribution is -1.84. The van der Waals surface area contributed by atoms with Crippen LogP contribution in [0.4, 0.5) is 0 Å². The Labute approximate surface area is 95.3 Å². The Morgan fingerprint density at radius 3 is 2.07 bits per heavy atom. The molecule has 2 aromatic carbocycles. The SMILES string of the molecule is [CH](CSc1ccccc1)c1ccccc1. The lowest BCUT2D eigenvalue weighted by atomic mass is 10.2. The molecule has 0 saturated heterocycles. The number of thioether (sulfide) groups is 1. The zero-order valence-electron chi connectivity index (χ0n) is 8.47. The normalized spacial score (nSPS) is 10.1. The molecule has 2 aromatic rings. The predicted octanol–water partition coefficient (Wildman–Crippen LogP) is 4.03. The molecule has 0 fully saturated rings. The Bertz CT molecular complexity index is 341. The fraction of sp³-hybridized carbons (Fsp3) is 0.0714. The third-order valence-electron chi connectivity index (χ3n) is 2.11. The van der Waals surface area contributed by atoms with Crippen LogP contribution in [0, 0.1) is 6.42 Å². The first-order chi connectivity index (χ1) is 7.45. The van der Waals surface area contributed by atoms with Gasteiger partial charge in [-0.15, -0.1) is 11.8 Å². The Hall–Kier alpha value is -1.21. The van der Waals surface area contributed by atoms with Crippen LogP contribution >= 0.6 is 11.8 Å². The van der Waals surface area contributed by atoms with Crippen molar-refractivity contribution in [1.82, 2.24) is 0 Å². The van der Waals surface area contributed by atoms with E-state index >= 15 is 0 Å². The summed E-state index contributed by atoms with van der Waals surface area (Å²) >= 11 is 1.86. The van der Waals surface area contributed by atoms with Crippen LogP contribution in [-0.4, -0.2) is 5.75 Å². The molecule has 0 nitrogen and oxygen atoms in total. The Kier molecular flexibility index (Phi) is 3.86. The van der Waals surface area contributed by atoms with Crippen LogP contribution in [0.2, 0.25) is 0 Å². The maximum Gasteiger partial charge on any atom is 0.00721 e. The topological polar surface area (TPSA) is 0 Å². The van der Waals surface area contributed by atoms with Crippen LogP contribution in [0.3, 0.4) is 0 Å². The highest BCUT2D eigenvalue weighted by Crippen LogP contribution is 2.19. The van der Waals surface area contributed by atoms with Crippen molar-refractivity contribution >= 4 is 11.8 Å². The van der Waals surface area contributed by atoms with E-state index in [2.05, 4.69) is 55.0 Å².